The van der Waals surface area contributed by atoms with Crippen molar-refractivity contribution in [3.63, 3.8) is 0 Å². The maximum atomic E-state index is 12.6. The van der Waals surface area contributed by atoms with Gasteiger partial charge in [-0.2, -0.15) is 5.10 Å². The number of ether oxygens (including phenoxy) is 4. The van der Waals surface area contributed by atoms with E-state index in [-0.39, 0.29) is 24.5 Å². The predicted octanol–water partition coefficient (Wildman–Crippen LogP) is 5.86. The number of hydrazone groups is 1. The van der Waals surface area contributed by atoms with Gasteiger partial charge in [0.05, 0.1) is 35.1 Å². The first kappa shape index (κ1) is 34.3. The zero-order chi connectivity index (χ0) is 32.5. The lowest BCUT2D eigenvalue weighted by atomic mass is 9.95. The van der Waals surface area contributed by atoms with E-state index in [1.165, 1.54) is 13.3 Å². The number of nitrogens with one attached hydrogen (secondary N) is 3. The van der Waals surface area contributed by atoms with Crippen LogP contribution in [0.5, 0.6) is 17.2 Å². The molecule has 1 heterocycles. The van der Waals surface area contributed by atoms with Crippen molar-refractivity contribution in [2.24, 2.45) is 5.10 Å². The molecule has 3 aromatic rings. The monoisotopic (exact) mass is 858 g/mol. The molecule has 14 heteroatoms. The molecule has 3 amide bonds. The van der Waals surface area contributed by atoms with Gasteiger partial charge in [-0.1, -0.05) is 29.8 Å². The quantitative estimate of drug-likeness (QED) is 0.0900. The number of benzene rings is 3. The SMILES string of the molecule is CCOC(=O)C1=C(C)NC(=O)N[C@H]1c1ccc(OCC(=O)N/N=C/c2cc(I)cc(I)c2OCc2cccc(Cl)c2)c(OC)c1. The fourth-order valence-corrected chi connectivity index (χ4v) is 6.62. The summed E-state index contributed by atoms with van der Waals surface area (Å²) in [6.45, 7) is 3.46. The van der Waals surface area contributed by atoms with Gasteiger partial charge in [-0.05, 0) is 107 Å². The van der Waals surface area contributed by atoms with Crippen LogP contribution in [0.2, 0.25) is 5.02 Å². The zero-order valence-electron chi connectivity index (χ0n) is 24.4. The van der Waals surface area contributed by atoms with Crippen LogP contribution in [-0.2, 0) is 20.9 Å². The molecule has 3 N–H and O–H groups in total. The molecule has 0 spiro atoms. The first-order valence-electron chi connectivity index (χ1n) is 13.5. The van der Waals surface area contributed by atoms with Gasteiger partial charge in [0.25, 0.3) is 5.91 Å². The lowest BCUT2D eigenvalue weighted by Crippen LogP contribution is -2.45. The first-order chi connectivity index (χ1) is 21.6. The largest absolute Gasteiger partial charge is 0.493 e. The Morgan fingerprint density at radius 2 is 1.89 bits per heavy atom. The summed E-state index contributed by atoms with van der Waals surface area (Å²) >= 11 is 10.5. The molecular formula is C31H29ClI2N4O7. The zero-order valence-corrected chi connectivity index (χ0v) is 29.5. The van der Waals surface area contributed by atoms with Crippen molar-refractivity contribution in [3.05, 3.63) is 94.7 Å². The molecule has 0 unspecified atom stereocenters. The number of urea groups is 1. The number of hydrogen-bond acceptors (Lipinski definition) is 8. The standard InChI is InChI=1S/C31H29ClI2N4O7/c1-4-43-30(40)27-17(2)36-31(41)37-28(27)19-8-9-24(25(12-19)42-3)44-16-26(39)38-35-14-20-11-22(33)13-23(34)29(20)45-15-18-6-5-7-21(32)10-18/h5-14,28H,4,15-16H2,1-3H3,(H,38,39)(H2,36,37,41)/b35-14+/t28-/m0/s1. The van der Waals surface area contributed by atoms with Gasteiger partial charge < -0.3 is 29.6 Å². The molecule has 11 nitrogen and oxygen atoms in total. The summed E-state index contributed by atoms with van der Waals surface area (Å²) < 4.78 is 24.3. The van der Waals surface area contributed by atoms with E-state index in [2.05, 4.69) is 66.3 Å². The highest BCUT2D eigenvalue weighted by Gasteiger charge is 2.32. The number of hydrogen-bond donors (Lipinski definition) is 3. The van der Waals surface area contributed by atoms with E-state index in [0.29, 0.717) is 40.0 Å². The molecule has 4 rings (SSSR count). The number of allylic oxidation sites excluding steroid dienone is 1. The van der Waals surface area contributed by atoms with Crippen molar-refractivity contribution in [3.8, 4) is 17.2 Å². The molecule has 1 aliphatic heterocycles. The summed E-state index contributed by atoms with van der Waals surface area (Å²) in [6, 6.07) is 14.9. The Morgan fingerprint density at radius 1 is 1.09 bits per heavy atom. The highest BCUT2D eigenvalue weighted by atomic mass is 127. The van der Waals surface area contributed by atoms with E-state index in [0.717, 1.165) is 12.7 Å². The molecule has 0 saturated heterocycles. The van der Waals surface area contributed by atoms with Crippen LogP contribution in [-0.4, -0.2) is 44.4 Å². The first-order valence-corrected chi connectivity index (χ1v) is 16.1. The highest BCUT2D eigenvalue weighted by molar-refractivity contribution is 14.1. The van der Waals surface area contributed by atoms with Crippen LogP contribution in [0.4, 0.5) is 4.79 Å². The van der Waals surface area contributed by atoms with Crippen LogP contribution in [0, 0.1) is 7.14 Å². The highest BCUT2D eigenvalue weighted by Crippen LogP contribution is 2.35. The fourth-order valence-electron chi connectivity index (χ4n) is 4.37. The van der Waals surface area contributed by atoms with Crippen molar-refractivity contribution in [2.75, 3.05) is 20.3 Å². The second kappa shape index (κ2) is 16.1. The molecule has 45 heavy (non-hydrogen) atoms. The molecule has 0 aliphatic carbocycles. The molecule has 1 aliphatic rings. The molecule has 0 radical (unpaired) electrons. The predicted molar refractivity (Wildman–Crippen MR) is 186 cm³/mol. The van der Waals surface area contributed by atoms with Crippen molar-refractivity contribution in [2.45, 2.75) is 26.5 Å². The molecule has 0 fully saturated rings. The molecular weight excluding hydrogens is 830 g/mol. The van der Waals surface area contributed by atoms with Crippen molar-refractivity contribution in [1.29, 1.82) is 0 Å². The Hall–Kier alpha value is -3.57. The number of amides is 3. The van der Waals surface area contributed by atoms with Gasteiger partial charge in [-0.3, -0.25) is 4.79 Å². The van der Waals surface area contributed by atoms with Gasteiger partial charge >= 0.3 is 12.0 Å². The lowest BCUT2D eigenvalue weighted by Gasteiger charge is -2.28. The number of methoxy groups -OCH3 is 1. The van der Waals surface area contributed by atoms with E-state index in [9.17, 15) is 14.4 Å². The van der Waals surface area contributed by atoms with Gasteiger partial charge in [0, 0.05) is 19.9 Å². The minimum Gasteiger partial charge on any atom is -0.493 e. The molecule has 236 valence electrons. The Morgan fingerprint density at radius 3 is 2.62 bits per heavy atom. The molecule has 0 bridgehead atoms. The number of halogens is 3. The summed E-state index contributed by atoms with van der Waals surface area (Å²) in [5.74, 6) is 0.142. The van der Waals surface area contributed by atoms with Gasteiger partial charge in [-0.25, -0.2) is 15.0 Å². The molecule has 1 atom stereocenters. The summed E-state index contributed by atoms with van der Waals surface area (Å²) in [7, 11) is 1.44. The van der Waals surface area contributed by atoms with Gasteiger partial charge in [0.2, 0.25) is 0 Å². The maximum Gasteiger partial charge on any atom is 0.338 e. The average Bonchev–Trinajstić information content (AvgIpc) is 2.99. The van der Waals surface area contributed by atoms with Crippen molar-refractivity contribution < 1.29 is 33.3 Å². The molecule has 0 aromatic heterocycles. The van der Waals surface area contributed by atoms with Crippen LogP contribution in [0.3, 0.4) is 0 Å². The number of rotatable bonds is 12. The Kier molecular flexibility index (Phi) is 12.3. The van der Waals surface area contributed by atoms with E-state index >= 15 is 0 Å². The van der Waals surface area contributed by atoms with Gasteiger partial charge in [0.1, 0.15) is 12.4 Å². The second-order valence-electron chi connectivity index (χ2n) is 9.51. The average molecular weight is 859 g/mol. The smallest absolute Gasteiger partial charge is 0.338 e. The number of carbonyl (C=O) groups excluding carboxylic acids is 3. The molecule has 0 saturated carbocycles. The topological polar surface area (TPSA) is 137 Å². The van der Waals surface area contributed by atoms with E-state index < -0.39 is 23.9 Å². The third kappa shape index (κ3) is 9.23. The number of carbonyl (C=O) groups is 3. The van der Waals surface area contributed by atoms with Gasteiger partial charge in [0.15, 0.2) is 18.1 Å². The van der Waals surface area contributed by atoms with Crippen LogP contribution in [0.1, 0.15) is 36.6 Å². The molecule has 3 aromatic carbocycles. The Bertz CT molecular complexity index is 1660. The van der Waals surface area contributed by atoms with E-state index in [4.69, 9.17) is 30.5 Å². The van der Waals surface area contributed by atoms with Gasteiger partial charge in [-0.15, -0.1) is 0 Å². The minimum atomic E-state index is -0.776. The van der Waals surface area contributed by atoms with E-state index in [1.54, 1.807) is 38.1 Å². The lowest BCUT2D eigenvalue weighted by molar-refractivity contribution is -0.139. The third-order valence-electron chi connectivity index (χ3n) is 6.35. The fraction of sp³-hybridized carbons (Fsp3) is 0.226. The maximum absolute atomic E-state index is 12.6. The van der Waals surface area contributed by atoms with Crippen LogP contribution in [0.25, 0.3) is 0 Å². The summed E-state index contributed by atoms with van der Waals surface area (Å²) in [5, 5.41) is 10.1. The van der Waals surface area contributed by atoms with Crippen LogP contribution < -0.4 is 30.3 Å². The summed E-state index contributed by atoms with van der Waals surface area (Å²) in [6.07, 6.45) is 1.51. The number of esters is 1. The second-order valence-corrected chi connectivity index (χ2v) is 12.4. The number of nitrogens with zero attached hydrogens (tertiary/aromatic N) is 1. The van der Waals surface area contributed by atoms with Crippen molar-refractivity contribution in [1.82, 2.24) is 16.1 Å². The third-order valence-corrected chi connectivity index (χ3v) is 8.01. The van der Waals surface area contributed by atoms with E-state index in [1.807, 2.05) is 30.3 Å². The van der Waals surface area contributed by atoms with Crippen LogP contribution >= 0.6 is 56.8 Å². The van der Waals surface area contributed by atoms with Crippen molar-refractivity contribution >= 4 is 80.9 Å². The van der Waals surface area contributed by atoms with Crippen LogP contribution in [0.15, 0.2) is 71.0 Å². The Labute approximate surface area is 292 Å². The Balaban J connectivity index is 1.41. The summed E-state index contributed by atoms with van der Waals surface area (Å²) in [4.78, 5) is 37.4. The summed E-state index contributed by atoms with van der Waals surface area (Å²) in [5.41, 5.74) is 5.28. The normalized spacial score (nSPS) is 14.4. The minimum absolute atomic E-state index is 0.182.